The standard InChI is InChI=1S/C22H21ClN4O3S2/c1-3-27(4-2)32(28,29)17-8-5-7-15(13-17)21-25-26-22(30-21)31-14-16-10-11-19(23)18-9-6-12-24-20(16)18/h5-13H,3-4,14H2,1-2H3. The monoisotopic (exact) mass is 488 g/mol. The molecule has 0 fully saturated rings. The molecule has 0 amide bonds. The summed E-state index contributed by atoms with van der Waals surface area (Å²) in [6.07, 6.45) is 1.73. The van der Waals surface area contributed by atoms with Gasteiger partial charge in [-0.2, -0.15) is 4.31 Å². The van der Waals surface area contributed by atoms with Crippen LogP contribution in [-0.2, 0) is 15.8 Å². The van der Waals surface area contributed by atoms with E-state index in [0.29, 0.717) is 34.7 Å². The number of hydrogen-bond acceptors (Lipinski definition) is 7. The van der Waals surface area contributed by atoms with Crippen molar-refractivity contribution in [2.45, 2.75) is 29.7 Å². The molecular formula is C22H21ClN4O3S2. The van der Waals surface area contributed by atoms with Gasteiger partial charge in [0.25, 0.3) is 5.22 Å². The highest BCUT2D eigenvalue weighted by molar-refractivity contribution is 7.98. The number of halogens is 1. The van der Waals surface area contributed by atoms with Crippen LogP contribution in [0.3, 0.4) is 0 Å². The van der Waals surface area contributed by atoms with Crippen LogP contribution in [0.25, 0.3) is 22.4 Å². The fraction of sp³-hybridized carbons (Fsp3) is 0.227. The number of sulfonamides is 1. The van der Waals surface area contributed by atoms with Crippen LogP contribution >= 0.6 is 23.4 Å². The zero-order chi connectivity index (χ0) is 22.7. The van der Waals surface area contributed by atoms with Crippen LogP contribution in [0, 0.1) is 0 Å². The van der Waals surface area contributed by atoms with Gasteiger partial charge in [0.05, 0.1) is 10.4 Å². The second-order valence-corrected chi connectivity index (χ2v) is 10.2. The van der Waals surface area contributed by atoms with E-state index < -0.39 is 10.0 Å². The molecule has 4 aromatic rings. The maximum Gasteiger partial charge on any atom is 0.277 e. The Bertz CT molecular complexity index is 1350. The molecule has 0 spiro atoms. The lowest BCUT2D eigenvalue weighted by molar-refractivity contribution is 0.445. The summed E-state index contributed by atoms with van der Waals surface area (Å²) in [5.41, 5.74) is 2.39. The first-order valence-corrected chi connectivity index (χ1v) is 12.8. The van der Waals surface area contributed by atoms with Crippen molar-refractivity contribution in [2.75, 3.05) is 13.1 Å². The quantitative estimate of drug-likeness (QED) is 0.312. The third kappa shape index (κ3) is 4.52. The molecule has 2 aromatic carbocycles. The molecule has 2 aromatic heterocycles. The molecule has 0 radical (unpaired) electrons. The first kappa shape index (κ1) is 22.7. The summed E-state index contributed by atoms with van der Waals surface area (Å²) in [6.45, 7) is 4.43. The third-order valence-electron chi connectivity index (χ3n) is 4.98. The SMILES string of the molecule is CCN(CC)S(=O)(=O)c1cccc(-c2nnc(SCc3ccc(Cl)c4cccnc34)o2)c1. The van der Waals surface area contributed by atoms with E-state index in [-0.39, 0.29) is 10.8 Å². The van der Waals surface area contributed by atoms with Crippen LogP contribution in [0.1, 0.15) is 19.4 Å². The molecule has 0 unspecified atom stereocenters. The van der Waals surface area contributed by atoms with E-state index in [0.717, 1.165) is 16.5 Å². The zero-order valence-corrected chi connectivity index (χ0v) is 19.9. The van der Waals surface area contributed by atoms with Gasteiger partial charge in [-0.1, -0.05) is 49.3 Å². The highest BCUT2D eigenvalue weighted by Crippen LogP contribution is 2.31. The predicted molar refractivity (Wildman–Crippen MR) is 126 cm³/mol. The van der Waals surface area contributed by atoms with Crippen molar-refractivity contribution in [3.63, 3.8) is 0 Å². The second kappa shape index (κ2) is 9.58. The van der Waals surface area contributed by atoms with Gasteiger partial charge in [0, 0.05) is 41.0 Å². The summed E-state index contributed by atoms with van der Waals surface area (Å²) in [7, 11) is -3.57. The molecule has 4 rings (SSSR count). The van der Waals surface area contributed by atoms with Crippen LogP contribution < -0.4 is 0 Å². The first-order valence-electron chi connectivity index (χ1n) is 10.0. The third-order valence-corrected chi connectivity index (χ3v) is 8.22. The predicted octanol–water partition coefficient (Wildman–Crippen LogP) is 5.26. The molecular weight excluding hydrogens is 468 g/mol. The Kier molecular flexibility index (Phi) is 6.80. The van der Waals surface area contributed by atoms with E-state index in [2.05, 4.69) is 15.2 Å². The summed E-state index contributed by atoms with van der Waals surface area (Å²) in [5, 5.41) is 10.1. The van der Waals surface area contributed by atoms with E-state index in [1.54, 1.807) is 30.5 Å². The lowest BCUT2D eigenvalue weighted by atomic mass is 10.1. The van der Waals surface area contributed by atoms with Crippen LogP contribution in [0.2, 0.25) is 5.02 Å². The smallest absolute Gasteiger partial charge is 0.277 e. The molecule has 0 aliphatic rings. The van der Waals surface area contributed by atoms with E-state index >= 15 is 0 Å². The van der Waals surface area contributed by atoms with Gasteiger partial charge in [-0.3, -0.25) is 4.98 Å². The zero-order valence-electron chi connectivity index (χ0n) is 17.5. The fourth-order valence-corrected chi connectivity index (χ4v) is 5.81. The maximum absolute atomic E-state index is 12.8. The number of rotatable bonds is 8. The van der Waals surface area contributed by atoms with Crippen molar-refractivity contribution in [2.24, 2.45) is 0 Å². The Labute approximate surface area is 195 Å². The molecule has 0 aliphatic carbocycles. The Balaban J connectivity index is 1.55. The highest BCUT2D eigenvalue weighted by atomic mass is 35.5. The van der Waals surface area contributed by atoms with Gasteiger partial charge in [-0.05, 0) is 42.0 Å². The topological polar surface area (TPSA) is 89.2 Å². The van der Waals surface area contributed by atoms with Crippen LogP contribution in [0.4, 0.5) is 0 Å². The van der Waals surface area contributed by atoms with E-state index in [9.17, 15) is 8.42 Å². The van der Waals surface area contributed by atoms with Crippen molar-refractivity contribution in [1.82, 2.24) is 19.5 Å². The second-order valence-electron chi connectivity index (χ2n) is 6.89. The molecule has 0 saturated heterocycles. The van der Waals surface area contributed by atoms with E-state index in [4.69, 9.17) is 16.0 Å². The first-order chi connectivity index (χ1) is 15.4. The average molecular weight is 489 g/mol. The molecule has 0 atom stereocenters. The number of fused-ring (bicyclic) bond motifs is 1. The number of aromatic nitrogens is 3. The van der Waals surface area contributed by atoms with Crippen molar-refractivity contribution >= 4 is 44.3 Å². The Morgan fingerprint density at radius 1 is 1.06 bits per heavy atom. The van der Waals surface area contributed by atoms with Crippen molar-refractivity contribution in [3.05, 3.63) is 65.3 Å². The van der Waals surface area contributed by atoms with Crippen molar-refractivity contribution < 1.29 is 12.8 Å². The molecule has 0 aliphatic heterocycles. The van der Waals surface area contributed by atoms with Gasteiger partial charge in [0.15, 0.2) is 0 Å². The molecule has 0 saturated carbocycles. The lowest BCUT2D eigenvalue weighted by Gasteiger charge is -2.18. The number of thioether (sulfide) groups is 1. The minimum absolute atomic E-state index is 0.199. The minimum atomic E-state index is -3.57. The molecule has 7 nitrogen and oxygen atoms in total. The van der Waals surface area contributed by atoms with Gasteiger partial charge in [0.1, 0.15) is 0 Å². The molecule has 166 valence electrons. The van der Waals surface area contributed by atoms with Crippen LogP contribution in [-0.4, -0.2) is 41.0 Å². The number of hydrogen-bond donors (Lipinski definition) is 0. The fourth-order valence-electron chi connectivity index (χ4n) is 3.34. The van der Waals surface area contributed by atoms with Gasteiger partial charge in [0.2, 0.25) is 15.9 Å². The van der Waals surface area contributed by atoms with E-state index in [1.165, 1.54) is 16.1 Å². The van der Waals surface area contributed by atoms with Gasteiger partial charge in [-0.15, -0.1) is 10.2 Å². The molecule has 2 heterocycles. The summed E-state index contributed by atoms with van der Waals surface area (Å²) in [5.74, 6) is 0.839. The normalized spacial score (nSPS) is 12.0. The maximum atomic E-state index is 12.8. The Hall–Kier alpha value is -2.46. The lowest BCUT2D eigenvalue weighted by Crippen LogP contribution is -2.30. The Morgan fingerprint density at radius 3 is 2.66 bits per heavy atom. The van der Waals surface area contributed by atoms with Gasteiger partial charge >= 0.3 is 0 Å². The van der Waals surface area contributed by atoms with Gasteiger partial charge < -0.3 is 4.42 Å². The highest BCUT2D eigenvalue weighted by Gasteiger charge is 2.22. The number of nitrogens with zero attached hydrogens (tertiary/aromatic N) is 4. The molecule has 32 heavy (non-hydrogen) atoms. The Morgan fingerprint density at radius 2 is 1.88 bits per heavy atom. The van der Waals surface area contributed by atoms with E-state index in [1.807, 2.05) is 38.1 Å². The van der Waals surface area contributed by atoms with Crippen LogP contribution in [0.15, 0.2) is 69.3 Å². The van der Waals surface area contributed by atoms with Crippen molar-refractivity contribution in [1.29, 1.82) is 0 Å². The van der Waals surface area contributed by atoms with Crippen molar-refractivity contribution in [3.8, 4) is 11.5 Å². The summed E-state index contributed by atoms with van der Waals surface area (Å²) in [4.78, 5) is 4.64. The van der Waals surface area contributed by atoms with Crippen LogP contribution in [0.5, 0.6) is 0 Å². The minimum Gasteiger partial charge on any atom is -0.411 e. The molecule has 0 N–H and O–H groups in total. The largest absolute Gasteiger partial charge is 0.411 e. The molecule has 10 heteroatoms. The molecule has 0 bridgehead atoms. The number of benzene rings is 2. The summed E-state index contributed by atoms with van der Waals surface area (Å²) < 4.78 is 32.8. The van der Waals surface area contributed by atoms with Gasteiger partial charge in [-0.25, -0.2) is 8.42 Å². The average Bonchev–Trinajstić information content (AvgIpc) is 3.29. The number of pyridine rings is 1. The summed E-state index contributed by atoms with van der Waals surface area (Å²) >= 11 is 7.65. The summed E-state index contributed by atoms with van der Waals surface area (Å²) in [6, 6.07) is 14.1.